The highest BCUT2D eigenvalue weighted by Crippen LogP contribution is 2.25. The van der Waals surface area contributed by atoms with Crippen LogP contribution >= 0.6 is 11.3 Å². The average molecular weight is 290 g/mol. The molecule has 2 aromatic rings. The average Bonchev–Trinajstić information content (AvgIpc) is 2.92. The fourth-order valence-corrected chi connectivity index (χ4v) is 2.71. The van der Waals surface area contributed by atoms with E-state index in [2.05, 4.69) is 20.6 Å². The van der Waals surface area contributed by atoms with Crippen LogP contribution in [0.25, 0.3) is 10.2 Å². The zero-order valence-electron chi connectivity index (χ0n) is 10.2. The number of anilines is 1. The Balaban J connectivity index is 1.77. The summed E-state index contributed by atoms with van der Waals surface area (Å²) in [5.74, 6) is -1.24. The largest absolute Gasteiger partial charge is 0.481 e. The molecule has 0 fully saturated rings. The second-order valence-electron chi connectivity index (χ2n) is 4.19. The van der Waals surface area contributed by atoms with E-state index in [0.29, 0.717) is 5.13 Å². The molecule has 0 spiro atoms. The van der Waals surface area contributed by atoms with E-state index < -0.39 is 17.9 Å². The number of carboxylic acids is 1. The summed E-state index contributed by atoms with van der Waals surface area (Å²) in [6, 6.07) is 6.76. The first-order chi connectivity index (χ1) is 9.61. The van der Waals surface area contributed by atoms with Crippen LogP contribution in [0.15, 0.2) is 29.3 Å². The highest BCUT2D eigenvalue weighted by atomic mass is 32.1. The van der Waals surface area contributed by atoms with E-state index >= 15 is 0 Å². The van der Waals surface area contributed by atoms with Gasteiger partial charge in [0.25, 0.3) is 5.91 Å². The summed E-state index contributed by atoms with van der Waals surface area (Å²) in [5.41, 5.74) is 0.854. The van der Waals surface area contributed by atoms with E-state index in [1.165, 1.54) is 11.3 Å². The molecule has 2 heterocycles. The summed E-state index contributed by atoms with van der Waals surface area (Å²) in [6.07, 6.45) is -0.323. The van der Waals surface area contributed by atoms with Crippen molar-refractivity contribution >= 4 is 44.5 Å². The van der Waals surface area contributed by atoms with E-state index in [4.69, 9.17) is 5.11 Å². The molecule has 7 nitrogen and oxygen atoms in total. The Labute approximate surface area is 117 Å². The van der Waals surface area contributed by atoms with Gasteiger partial charge in [-0.25, -0.2) is 9.98 Å². The smallest absolute Gasteiger partial charge is 0.306 e. The molecular formula is C12H10N4O3S. The molecule has 0 unspecified atom stereocenters. The number of aromatic nitrogens is 1. The van der Waals surface area contributed by atoms with E-state index in [9.17, 15) is 9.59 Å². The van der Waals surface area contributed by atoms with Crippen molar-refractivity contribution in [2.24, 2.45) is 4.99 Å². The van der Waals surface area contributed by atoms with Gasteiger partial charge >= 0.3 is 5.97 Å². The number of hydrogen-bond acceptors (Lipinski definition) is 6. The number of nitrogens with zero attached hydrogens (tertiary/aromatic N) is 2. The van der Waals surface area contributed by atoms with Crippen molar-refractivity contribution < 1.29 is 14.7 Å². The molecular weight excluding hydrogens is 280 g/mol. The van der Waals surface area contributed by atoms with Gasteiger partial charge in [0.15, 0.2) is 5.13 Å². The van der Waals surface area contributed by atoms with Crippen LogP contribution < -0.4 is 10.6 Å². The molecule has 0 saturated carbocycles. The number of fused-ring (bicyclic) bond motifs is 1. The maximum Gasteiger partial charge on any atom is 0.306 e. The number of carboxylic acid groups (broad SMARTS) is 1. The molecule has 1 aromatic heterocycles. The van der Waals surface area contributed by atoms with Crippen LogP contribution in [0.4, 0.5) is 5.13 Å². The lowest BCUT2D eigenvalue weighted by Gasteiger charge is -1.99. The maximum atomic E-state index is 11.5. The van der Waals surface area contributed by atoms with E-state index in [1.807, 2.05) is 24.3 Å². The van der Waals surface area contributed by atoms with Crippen molar-refractivity contribution in [2.45, 2.75) is 12.5 Å². The molecule has 1 amide bonds. The third kappa shape index (κ3) is 2.45. The molecule has 0 bridgehead atoms. The Morgan fingerprint density at radius 2 is 2.25 bits per heavy atom. The van der Waals surface area contributed by atoms with Gasteiger partial charge in [0.2, 0.25) is 5.96 Å². The SMILES string of the molecule is O=C(O)C[C@@H]1N=C(Nc2nc3ccccc3s2)NC1=O. The minimum Gasteiger partial charge on any atom is -0.481 e. The van der Waals surface area contributed by atoms with Crippen molar-refractivity contribution in [2.75, 3.05) is 5.32 Å². The number of carbonyl (C=O) groups excluding carboxylic acids is 1. The molecule has 1 atom stereocenters. The Hall–Kier alpha value is -2.48. The predicted molar refractivity (Wildman–Crippen MR) is 74.9 cm³/mol. The summed E-state index contributed by atoms with van der Waals surface area (Å²) < 4.78 is 1.02. The van der Waals surface area contributed by atoms with Crippen LogP contribution in [0.2, 0.25) is 0 Å². The number of carbonyl (C=O) groups is 2. The Morgan fingerprint density at radius 3 is 3.00 bits per heavy atom. The molecule has 3 rings (SSSR count). The number of aliphatic carboxylic acids is 1. The minimum absolute atomic E-state index is 0.236. The first-order valence-electron chi connectivity index (χ1n) is 5.85. The molecule has 1 aromatic carbocycles. The van der Waals surface area contributed by atoms with Crippen molar-refractivity contribution in [3.63, 3.8) is 0 Å². The Bertz CT molecular complexity index is 691. The van der Waals surface area contributed by atoms with Gasteiger partial charge < -0.3 is 10.4 Å². The highest BCUT2D eigenvalue weighted by molar-refractivity contribution is 7.22. The van der Waals surface area contributed by atoms with Crippen LogP contribution in [-0.2, 0) is 9.59 Å². The summed E-state index contributed by atoms with van der Waals surface area (Å²) in [4.78, 5) is 30.5. The second-order valence-corrected chi connectivity index (χ2v) is 5.22. The van der Waals surface area contributed by atoms with Gasteiger partial charge in [-0.1, -0.05) is 23.5 Å². The molecule has 1 aliphatic heterocycles. The lowest BCUT2D eigenvalue weighted by atomic mass is 10.2. The number of nitrogens with one attached hydrogen (secondary N) is 2. The van der Waals surface area contributed by atoms with Crippen molar-refractivity contribution in [3.8, 4) is 0 Å². The maximum absolute atomic E-state index is 11.5. The molecule has 0 saturated heterocycles. The van der Waals surface area contributed by atoms with Crippen molar-refractivity contribution in [1.82, 2.24) is 10.3 Å². The van der Waals surface area contributed by atoms with Crippen molar-refractivity contribution in [1.29, 1.82) is 0 Å². The topological polar surface area (TPSA) is 104 Å². The van der Waals surface area contributed by atoms with Gasteiger partial charge in [0, 0.05) is 0 Å². The Morgan fingerprint density at radius 1 is 1.45 bits per heavy atom. The normalized spacial score (nSPS) is 17.9. The minimum atomic E-state index is -1.06. The van der Waals surface area contributed by atoms with E-state index in [1.54, 1.807) is 0 Å². The molecule has 0 aliphatic carbocycles. The third-order valence-electron chi connectivity index (χ3n) is 2.72. The van der Waals surface area contributed by atoms with Crippen LogP contribution in [0.1, 0.15) is 6.42 Å². The zero-order chi connectivity index (χ0) is 14.1. The van der Waals surface area contributed by atoms with Crippen molar-refractivity contribution in [3.05, 3.63) is 24.3 Å². The number of benzene rings is 1. The molecule has 102 valence electrons. The fourth-order valence-electron chi connectivity index (χ4n) is 1.84. The van der Waals surface area contributed by atoms with E-state index in [-0.39, 0.29) is 12.4 Å². The number of para-hydroxylation sites is 1. The van der Waals surface area contributed by atoms with E-state index in [0.717, 1.165) is 10.2 Å². The predicted octanol–water partition coefficient (Wildman–Crippen LogP) is 1.04. The van der Waals surface area contributed by atoms with Gasteiger partial charge in [-0.15, -0.1) is 0 Å². The van der Waals surface area contributed by atoms with Crippen LogP contribution in [0.3, 0.4) is 0 Å². The lowest BCUT2D eigenvalue weighted by Crippen LogP contribution is -2.33. The lowest BCUT2D eigenvalue weighted by molar-refractivity contribution is -0.139. The standard InChI is InChI=1S/C12H10N4O3S/c17-9(18)5-7-10(19)15-11(13-7)16-12-14-6-3-1-2-4-8(6)20-12/h1-4,7H,5H2,(H,17,18)(H2,13,14,15,16,19)/t7-/m0/s1. The molecule has 0 radical (unpaired) electrons. The number of thiazole rings is 1. The fraction of sp³-hybridized carbons (Fsp3) is 0.167. The third-order valence-corrected chi connectivity index (χ3v) is 3.67. The first-order valence-corrected chi connectivity index (χ1v) is 6.66. The quantitative estimate of drug-likeness (QED) is 0.783. The molecule has 8 heteroatoms. The van der Waals surface area contributed by atoms with Gasteiger partial charge in [0.05, 0.1) is 16.6 Å². The van der Waals surface area contributed by atoms with Gasteiger partial charge in [-0.3, -0.25) is 14.9 Å². The zero-order valence-corrected chi connectivity index (χ0v) is 11.0. The summed E-state index contributed by atoms with van der Waals surface area (Å²) in [6.45, 7) is 0. The Kier molecular flexibility index (Phi) is 3.07. The summed E-state index contributed by atoms with van der Waals surface area (Å²) in [7, 11) is 0. The summed E-state index contributed by atoms with van der Waals surface area (Å²) in [5, 5.41) is 14.7. The monoisotopic (exact) mass is 290 g/mol. The number of rotatable bonds is 3. The van der Waals surface area contributed by atoms with Crippen LogP contribution in [0, 0.1) is 0 Å². The molecule has 20 heavy (non-hydrogen) atoms. The van der Waals surface area contributed by atoms with Crippen LogP contribution in [-0.4, -0.2) is 34.0 Å². The molecule has 1 aliphatic rings. The van der Waals surface area contributed by atoms with Crippen LogP contribution in [0.5, 0.6) is 0 Å². The first kappa shape index (κ1) is 12.5. The highest BCUT2D eigenvalue weighted by Gasteiger charge is 2.28. The van der Waals surface area contributed by atoms with Gasteiger partial charge in [-0.2, -0.15) is 0 Å². The van der Waals surface area contributed by atoms with Gasteiger partial charge in [-0.05, 0) is 12.1 Å². The number of aliphatic imine (C=N–C) groups is 1. The summed E-state index contributed by atoms with van der Waals surface area (Å²) >= 11 is 1.43. The molecule has 3 N–H and O–H groups in total. The van der Waals surface area contributed by atoms with Gasteiger partial charge in [0.1, 0.15) is 6.04 Å². The second kappa shape index (κ2) is 4.89. The number of hydrogen-bond donors (Lipinski definition) is 3. The number of amides is 1. The number of guanidine groups is 1.